The first-order valence-corrected chi connectivity index (χ1v) is 27.5. The summed E-state index contributed by atoms with van der Waals surface area (Å²) >= 11 is -3.18. The van der Waals surface area contributed by atoms with Gasteiger partial charge in [0.25, 0.3) is 0 Å². The van der Waals surface area contributed by atoms with Crippen LogP contribution >= 0.6 is 0 Å². The third-order valence-electron chi connectivity index (χ3n) is 5.54. The molecule has 2 rings (SSSR count). The van der Waals surface area contributed by atoms with Crippen molar-refractivity contribution in [2.24, 2.45) is 0 Å². The monoisotopic (exact) mass is 451 g/mol. The summed E-state index contributed by atoms with van der Waals surface area (Å²) in [6.07, 6.45) is 0. The molecule has 0 aromatic heterocycles. The van der Waals surface area contributed by atoms with Crippen molar-refractivity contribution < 1.29 is 17.7 Å². The Balaban J connectivity index is 2.77. The van der Waals surface area contributed by atoms with Crippen LogP contribution < -0.4 is 6.64 Å². The first kappa shape index (κ1) is 15.9. The van der Waals surface area contributed by atoms with Gasteiger partial charge in [0.1, 0.15) is 0 Å². The van der Waals surface area contributed by atoms with E-state index in [1.807, 2.05) is 0 Å². The molecule has 2 aromatic carbocycles. The van der Waals surface area contributed by atoms with E-state index in [1.54, 1.807) is 6.64 Å². The number of hydrogen-bond donors (Lipinski definition) is 0. The van der Waals surface area contributed by atoms with Crippen molar-refractivity contribution in [3.05, 3.63) is 59.7 Å². The van der Waals surface area contributed by atoms with E-state index in [9.17, 15) is 0 Å². The van der Waals surface area contributed by atoms with Gasteiger partial charge in [0.15, 0.2) is 0 Å². The summed E-state index contributed by atoms with van der Waals surface area (Å²) in [5, 5.41) is 0. The van der Waals surface area contributed by atoms with Gasteiger partial charge in [-0.05, 0) is 0 Å². The van der Waals surface area contributed by atoms with E-state index in [1.165, 1.54) is 11.1 Å². The molecule has 0 fully saturated rings. The van der Waals surface area contributed by atoms with E-state index < -0.39 is 23.7 Å². The Morgan fingerprint density at radius 3 is 1.45 bits per heavy atom. The molecule has 20 heavy (non-hydrogen) atoms. The Morgan fingerprint density at radius 2 is 1.15 bits per heavy atom. The van der Waals surface area contributed by atoms with Gasteiger partial charge >= 0.3 is 126 Å². The van der Waals surface area contributed by atoms with Crippen LogP contribution in [-0.4, -0.2) is 5.98 Å². The maximum absolute atomic E-state index is 3.18. The van der Waals surface area contributed by atoms with Gasteiger partial charge in [-0.25, -0.2) is 0 Å². The van der Waals surface area contributed by atoms with Gasteiger partial charge in [0.05, 0.1) is 0 Å². The van der Waals surface area contributed by atoms with Crippen molar-refractivity contribution in [2.45, 2.75) is 36.3 Å². The molecule has 0 aliphatic carbocycles. The zero-order chi connectivity index (χ0) is 15.0. The summed E-state index contributed by atoms with van der Waals surface area (Å²) in [7, 11) is 0. The quantitative estimate of drug-likeness (QED) is 0.621. The fourth-order valence-electron chi connectivity index (χ4n) is 3.08. The van der Waals surface area contributed by atoms with Gasteiger partial charge in [-0.3, -0.25) is 0 Å². The summed E-state index contributed by atoms with van der Waals surface area (Å²) in [4.78, 5) is 0. The molecule has 0 spiro atoms. The molecule has 2 heteroatoms. The number of hydrogen-bond acceptors (Lipinski definition) is 0. The van der Waals surface area contributed by atoms with E-state index in [0.29, 0.717) is 0 Å². The summed E-state index contributed by atoms with van der Waals surface area (Å²) in [6, 6.07) is 18.7. The molecule has 107 valence electrons. The molecular formula is C18H27HfSi. The van der Waals surface area contributed by atoms with Gasteiger partial charge in [0.2, 0.25) is 0 Å². The predicted molar refractivity (Wildman–Crippen MR) is 92.2 cm³/mol. The average molecular weight is 450 g/mol. The van der Waals surface area contributed by atoms with Crippen molar-refractivity contribution in [1.82, 2.24) is 0 Å². The van der Waals surface area contributed by atoms with Gasteiger partial charge in [-0.15, -0.1) is 0 Å². The second kappa shape index (κ2) is 5.38. The maximum atomic E-state index is 2.66. The van der Waals surface area contributed by atoms with Crippen LogP contribution in [0.1, 0.15) is 11.1 Å². The van der Waals surface area contributed by atoms with Gasteiger partial charge in [-0.2, -0.15) is 0 Å². The van der Waals surface area contributed by atoms with E-state index in [4.69, 9.17) is 0 Å². The van der Waals surface area contributed by atoms with Gasteiger partial charge in [-0.1, -0.05) is 0 Å². The van der Waals surface area contributed by atoms with Crippen LogP contribution in [-0.2, 0) is 17.7 Å². The molecule has 0 N–H and O–H groups in total. The van der Waals surface area contributed by atoms with Crippen LogP contribution in [0.2, 0.25) is 22.5 Å². The third kappa shape index (κ3) is 2.53. The second-order valence-electron chi connectivity index (χ2n) is 7.38. The number of rotatable bonds is 3. The SMILES string of the molecule is Cc1ccc[c]([Hf]([CH3])([CH3])([c]2cccc(C)c2)[SiH](C)C)c1. The number of benzene rings is 2. The van der Waals surface area contributed by atoms with Gasteiger partial charge < -0.3 is 0 Å². The first-order chi connectivity index (χ1) is 9.24. The summed E-state index contributed by atoms with van der Waals surface area (Å²) in [5.74, 6) is -0.790. The minimum absolute atomic E-state index is 0.790. The molecule has 0 amide bonds. The number of aryl methyl sites for hydroxylation is 2. The molecule has 0 heterocycles. The average Bonchev–Trinajstić information content (AvgIpc) is 2.38. The minimum atomic E-state index is -3.18. The van der Waals surface area contributed by atoms with Crippen LogP contribution in [0, 0.1) is 13.8 Å². The van der Waals surface area contributed by atoms with E-state index in [2.05, 4.69) is 84.8 Å². The Bertz CT molecular complexity index is 579. The van der Waals surface area contributed by atoms with Crippen LogP contribution in [0.3, 0.4) is 0 Å². The van der Waals surface area contributed by atoms with Crippen LogP contribution in [0.25, 0.3) is 0 Å². The molecular weight excluding hydrogens is 423 g/mol. The van der Waals surface area contributed by atoms with Crippen LogP contribution in [0.4, 0.5) is 0 Å². The Kier molecular flexibility index (Phi) is 4.28. The van der Waals surface area contributed by atoms with Crippen molar-refractivity contribution in [3.63, 3.8) is 0 Å². The molecule has 0 aliphatic heterocycles. The van der Waals surface area contributed by atoms with Crippen molar-refractivity contribution in [2.75, 3.05) is 0 Å². The zero-order valence-electron chi connectivity index (χ0n) is 13.7. The molecule has 0 aliphatic rings. The molecule has 0 unspecified atom stereocenters. The Morgan fingerprint density at radius 1 is 0.750 bits per heavy atom. The van der Waals surface area contributed by atoms with Crippen LogP contribution in [0.15, 0.2) is 48.5 Å². The summed E-state index contributed by atoms with van der Waals surface area (Å²) in [5.41, 5.74) is 2.80. The molecule has 2 aromatic rings. The Labute approximate surface area is 125 Å². The molecule has 0 atom stereocenters. The summed E-state index contributed by atoms with van der Waals surface area (Å²) in [6.45, 7) is 9.55. The van der Waals surface area contributed by atoms with E-state index in [-0.39, 0.29) is 0 Å². The third-order valence-corrected chi connectivity index (χ3v) is 66.8. The van der Waals surface area contributed by atoms with Gasteiger partial charge in [0, 0.05) is 0 Å². The molecule has 0 radical (unpaired) electrons. The predicted octanol–water partition coefficient (Wildman–Crippen LogP) is 4.02. The van der Waals surface area contributed by atoms with Crippen molar-refractivity contribution >= 4 is 12.6 Å². The zero-order valence-corrected chi connectivity index (χ0v) is 18.4. The van der Waals surface area contributed by atoms with Crippen molar-refractivity contribution in [3.8, 4) is 0 Å². The topological polar surface area (TPSA) is 0 Å². The summed E-state index contributed by atoms with van der Waals surface area (Å²) < 4.78 is 8.68. The molecule has 0 nitrogen and oxygen atoms in total. The molecule has 0 saturated heterocycles. The standard InChI is InChI=1S/2C7H7.C2H7Si.2CH3.Hf/c2*1-7-5-3-2-4-6-7;1-3-2;;;/h2*2-3,5-6H,1H3;3H,1-2H3;2*1H3;. The van der Waals surface area contributed by atoms with Crippen LogP contribution in [0.5, 0.6) is 0 Å². The molecule has 0 bridgehead atoms. The van der Waals surface area contributed by atoms with E-state index in [0.717, 1.165) is 0 Å². The second-order valence-corrected chi connectivity index (χ2v) is 58.4. The normalized spacial score (nSPS) is 14.1. The van der Waals surface area contributed by atoms with E-state index >= 15 is 0 Å². The fraction of sp³-hybridized carbons (Fsp3) is 0.333. The Hall–Kier alpha value is -0.473. The fourth-order valence-corrected chi connectivity index (χ4v) is 32.1. The molecule has 0 saturated carbocycles. The van der Waals surface area contributed by atoms with Crippen molar-refractivity contribution in [1.29, 1.82) is 0 Å². The first-order valence-electron chi connectivity index (χ1n) is 7.59.